The molecule has 1 amide bonds. The second kappa shape index (κ2) is 10.5. The minimum absolute atomic E-state index is 0.192. The highest BCUT2D eigenvalue weighted by Crippen LogP contribution is 2.34. The van der Waals surface area contributed by atoms with Crippen LogP contribution in [0.4, 0.5) is 0 Å². The minimum Gasteiger partial charge on any atom is -0.493 e. The lowest BCUT2D eigenvalue weighted by atomic mass is 9.85. The van der Waals surface area contributed by atoms with E-state index in [1.807, 2.05) is 42.5 Å². The first-order chi connectivity index (χ1) is 17.2. The Labute approximate surface area is 207 Å². The van der Waals surface area contributed by atoms with E-state index >= 15 is 0 Å². The van der Waals surface area contributed by atoms with Gasteiger partial charge < -0.3 is 14.8 Å². The summed E-state index contributed by atoms with van der Waals surface area (Å²) >= 11 is 0. The lowest BCUT2D eigenvalue weighted by Crippen LogP contribution is -2.56. The predicted molar refractivity (Wildman–Crippen MR) is 137 cm³/mol. The number of amides is 1. The van der Waals surface area contributed by atoms with Gasteiger partial charge in [-0.2, -0.15) is 0 Å². The van der Waals surface area contributed by atoms with Crippen molar-refractivity contribution in [1.29, 1.82) is 0 Å². The number of rotatable bonds is 8. The molecule has 0 unspecified atom stereocenters. The van der Waals surface area contributed by atoms with Gasteiger partial charge in [0.2, 0.25) is 5.91 Å². The third kappa shape index (κ3) is 5.19. The first kappa shape index (κ1) is 23.4. The molecule has 2 aliphatic rings. The number of carbonyl (C=O) groups is 1. The topological polar surface area (TPSA) is 54.0 Å². The van der Waals surface area contributed by atoms with Gasteiger partial charge in [-0.05, 0) is 54.7 Å². The Bertz CT molecular complexity index is 1140. The largest absolute Gasteiger partial charge is 0.493 e. The molecule has 2 saturated heterocycles. The SMILES string of the molecule is COc1ccccc1Oc1cccc(CN2CCC3(CC2)C(=O)NCN3CCc2ccccc2)c1. The van der Waals surface area contributed by atoms with E-state index in [1.54, 1.807) is 7.11 Å². The zero-order valence-corrected chi connectivity index (χ0v) is 20.3. The minimum atomic E-state index is -0.375. The number of carbonyl (C=O) groups excluding carboxylic acids is 1. The van der Waals surface area contributed by atoms with E-state index in [4.69, 9.17) is 9.47 Å². The lowest BCUT2D eigenvalue weighted by molar-refractivity contribution is -0.129. The second-order valence-corrected chi connectivity index (χ2v) is 9.37. The molecule has 0 aliphatic carbocycles. The number of piperidine rings is 1. The first-order valence-electron chi connectivity index (χ1n) is 12.4. The summed E-state index contributed by atoms with van der Waals surface area (Å²) in [5, 5.41) is 3.11. The molecule has 1 spiro atoms. The molecule has 3 aromatic rings. The van der Waals surface area contributed by atoms with E-state index in [0.29, 0.717) is 18.2 Å². The van der Waals surface area contributed by atoms with Gasteiger partial charge in [-0.1, -0.05) is 54.6 Å². The summed E-state index contributed by atoms with van der Waals surface area (Å²) in [5.74, 6) is 2.40. The molecule has 6 nitrogen and oxygen atoms in total. The van der Waals surface area contributed by atoms with Crippen molar-refractivity contribution >= 4 is 5.91 Å². The summed E-state index contributed by atoms with van der Waals surface area (Å²) in [6.07, 6.45) is 2.66. The summed E-state index contributed by atoms with van der Waals surface area (Å²) in [4.78, 5) is 17.7. The number of hydrogen-bond acceptors (Lipinski definition) is 5. The predicted octanol–water partition coefficient (Wildman–Crippen LogP) is 4.45. The summed E-state index contributed by atoms with van der Waals surface area (Å²) < 4.78 is 11.5. The van der Waals surface area contributed by atoms with Crippen LogP contribution < -0.4 is 14.8 Å². The molecule has 2 aliphatic heterocycles. The number of likely N-dealkylation sites (tertiary alicyclic amines) is 1. The zero-order valence-electron chi connectivity index (χ0n) is 20.3. The van der Waals surface area contributed by atoms with Crippen molar-refractivity contribution < 1.29 is 14.3 Å². The van der Waals surface area contributed by atoms with Crippen LogP contribution in [0, 0.1) is 0 Å². The molecule has 0 aromatic heterocycles. The van der Waals surface area contributed by atoms with Crippen molar-refractivity contribution in [3.8, 4) is 17.2 Å². The van der Waals surface area contributed by atoms with E-state index in [0.717, 1.165) is 51.2 Å². The second-order valence-electron chi connectivity index (χ2n) is 9.37. The third-order valence-corrected chi connectivity index (χ3v) is 7.26. The van der Waals surface area contributed by atoms with Crippen molar-refractivity contribution in [1.82, 2.24) is 15.1 Å². The van der Waals surface area contributed by atoms with Gasteiger partial charge in [-0.3, -0.25) is 14.6 Å². The molecule has 6 heteroatoms. The quantitative estimate of drug-likeness (QED) is 0.526. The van der Waals surface area contributed by atoms with Gasteiger partial charge in [-0.15, -0.1) is 0 Å². The Balaban J connectivity index is 1.19. The van der Waals surface area contributed by atoms with Gasteiger partial charge in [0.15, 0.2) is 11.5 Å². The van der Waals surface area contributed by atoms with Crippen molar-refractivity contribution in [2.75, 3.05) is 33.4 Å². The van der Waals surface area contributed by atoms with Gasteiger partial charge >= 0.3 is 0 Å². The molecule has 1 N–H and O–H groups in total. The molecule has 182 valence electrons. The molecule has 0 atom stereocenters. The van der Waals surface area contributed by atoms with E-state index in [9.17, 15) is 4.79 Å². The van der Waals surface area contributed by atoms with Crippen molar-refractivity contribution in [3.05, 3.63) is 90.0 Å². The molecule has 0 saturated carbocycles. The molecular formula is C29H33N3O3. The summed E-state index contributed by atoms with van der Waals surface area (Å²) in [6, 6.07) is 26.4. The van der Waals surface area contributed by atoms with Gasteiger partial charge in [-0.25, -0.2) is 0 Å². The highest BCUT2D eigenvalue weighted by molar-refractivity contribution is 5.88. The van der Waals surface area contributed by atoms with Crippen LogP contribution >= 0.6 is 0 Å². The fourth-order valence-corrected chi connectivity index (χ4v) is 5.25. The Morgan fingerprint density at radius 1 is 0.886 bits per heavy atom. The lowest BCUT2D eigenvalue weighted by Gasteiger charge is -2.42. The standard InChI is InChI=1S/C29H33N3O3/c1-34-26-12-5-6-13-27(26)35-25-11-7-10-24(20-25)21-31-18-15-29(16-19-31)28(33)30-22-32(29)17-14-23-8-3-2-4-9-23/h2-13,20H,14-19,21-22H2,1H3,(H,30,33). The maximum Gasteiger partial charge on any atom is 0.241 e. The van der Waals surface area contributed by atoms with E-state index in [-0.39, 0.29) is 11.4 Å². The third-order valence-electron chi connectivity index (χ3n) is 7.26. The van der Waals surface area contributed by atoms with Gasteiger partial charge in [0, 0.05) is 26.2 Å². The van der Waals surface area contributed by atoms with Crippen molar-refractivity contribution in [2.45, 2.75) is 31.3 Å². The number of benzene rings is 3. The molecule has 3 aromatic carbocycles. The summed E-state index contributed by atoms with van der Waals surface area (Å²) in [5.41, 5.74) is 2.14. The number of ether oxygens (including phenoxy) is 2. The molecule has 5 rings (SSSR count). The Morgan fingerprint density at radius 3 is 2.37 bits per heavy atom. The van der Waals surface area contributed by atoms with E-state index in [2.05, 4.69) is 51.5 Å². The molecular weight excluding hydrogens is 438 g/mol. The monoisotopic (exact) mass is 471 g/mol. The number of nitrogens with one attached hydrogen (secondary N) is 1. The average Bonchev–Trinajstić information content (AvgIpc) is 3.19. The maximum atomic E-state index is 12.9. The maximum absolute atomic E-state index is 12.9. The van der Waals surface area contributed by atoms with E-state index < -0.39 is 0 Å². The number of nitrogens with zero attached hydrogens (tertiary/aromatic N) is 2. The summed E-state index contributed by atoms with van der Waals surface area (Å²) in [6.45, 7) is 4.17. The number of hydrogen-bond donors (Lipinski definition) is 1. The van der Waals surface area contributed by atoms with Crippen LogP contribution in [-0.2, 0) is 17.8 Å². The van der Waals surface area contributed by atoms with E-state index in [1.165, 1.54) is 11.1 Å². The van der Waals surface area contributed by atoms with Gasteiger partial charge in [0.25, 0.3) is 0 Å². The van der Waals surface area contributed by atoms with Crippen LogP contribution in [0.15, 0.2) is 78.9 Å². The smallest absolute Gasteiger partial charge is 0.241 e. The number of para-hydroxylation sites is 2. The fraction of sp³-hybridized carbons (Fsp3) is 0.345. The highest BCUT2D eigenvalue weighted by atomic mass is 16.5. The van der Waals surface area contributed by atoms with Crippen LogP contribution in [0.25, 0.3) is 0 Å². The normalized spacial score (nSPS) is 17.9. The Morgan fingerprint density at radius 2 is 1.60 bits per heavy atom. The molecule has 2 fully saturated rings. The highest BCUT2D eigenvalue weighted by Gasteiger charge is 2.49. The average molecular weight is 472 g/mol. The molecule has 2 heterocycles. The zero-order chi connectivity index (χ0) is 24.1. The van der Waals surface area contributed by atoms with Crippen LogP contribution in [0.3, 0.4) is 0 Å². The summed E-state index contributed by atoms with van der Waals surface area (Å²) in [7, 11) is 1.65. The Hall–Kier alpha value is -3.35. The molecule has 0 bridgehead atoms. The van der Waals surface area contributed by atoms with Crippen LogP contribution in [-0.4, -0.2) is 54.7 Å². The van der Waals surface area contributed by atoms with Crippen molar-refractivity contribution in [2.24, 2.45) is 0 Å². The number of methoxy groups -OCH3 is 1. The van der Waals surface area contributed by atoms with Crippen LogP contribution in [0.5, 0.6) is 17.2 Å². The molecule has 35 heavy (non-hydrogen) atoms. The van der Waals surface area contributed by atoms with Gasteiger partial charge in [0.05, 0.1) is 13.8 Å². The first-order valence-corrected chi connectivity index (χ1v) is 12.4. The van der Waals surface area contributed by atoms with Crippen LogP contribution in [0.2, 0.25) is 0 Å². The molecule has 0 radical (unpaired) electrons. The van der Waals surface area contributed by atoms with Gasteiger partial charge in [0.1, 0.15) is 11.3 Å². The van der Waals surface area contributed by atoms with Crippen LogP contribution in [0.1, 0.15) is 24.0 Å². The Kier molecular flexibility index (Phi) is 7.02. The van der Waals surface area contributed by atoms with Crippen molar-refractivity contribution in [3.63, 3.8) is 0 Å². The fourth-order valence-electron chi connectivity index (χ4n) is 5.25.